The Labute approximate surface area is 190 Å². The minimum absolute atomic E-state index is 0.226. The molecule has 0 aliphatic heterocycles. The van der Waals surface area contributed by atoms with Gasteiger partial charge in [-0.15, -0.1) is 0 Å². The Bertz CT molecular complexity index is 1070. The molecular formula is C24H31ClN2O3S. The summed E-state index contributed by atoms with van der Waals surface area (Å²) in [5, 5.41) is 3.46. The third-order valence-corrected chi connectivity index (χ3v) is 7.37. The van der Waals surface area contributed by atoms with Crippen molar-refractivity contribution in [3.05, 3.63) is 63.7 Å². The molecule has 0 bridgehead atoms. The second kappa shape index (κ2) is 9.61. The Morgan fingerprint density at radius 3 is 2.45 bits per heavy atom. The highest BCUT2D eigenvalue weighted by Gasteiger charge is 2.33. The highest BCUT2D eigenvalue weighted by Crippen LogP contribution is 2.30. The lowest BCUT2D eigenvalue weighted by molar-refractivity contribution is -0.122. The summed E-state index contributed by atoms with van der Waals surface area (Å²) in [7, 11) is -3.71. The molecular weight excluding hydrogens is 432 g/mol. The third kappa shape index (κ3) is 5.42. The maximum atomic E-state index is 13.3. The van der Waals surface area contributed by atoms with E-state index in [9.17, 15) is 13.2 Å². The van der Waals surface area contributed by atoms with Crippen LogP contribution in [0, 0.1) is 6.92 Å². The molecule has 7 heteroatoms. The van der Waals surface area contributed by atoms with E-state index in [1.54, 1.807) is 18.2 Å². The summed E-state index contributed by atoms with van der Waals surface area (Å²) in [5.74, 6) is -0.322. The molecule has 0 radical (unpaired) electrons. The van der Waals surface area contributed by atoms with Crippen LogP contribution in [0.15, 0.2) is 36.4 Å². The Morgan fingerprint density at radius 2 is 1.81 bits per heavy atom. The zero-order valence-electron chi connectivity index (χ0n) is 18.6. The van der Waals surface area contributed by atoms with E-state index in [0.29, 0.717) is 17.1 Å². The number of aryl methyl sites for hydroxylation is 3. The molecule has 1 aliphatic rings. The maximum absolute atomic E-state index is 13.3. The molecule has 0 spiro atoms. The lowest BCUT2D eigenvalue weighted by Crippen LogP contribution is -2.50. The molecule has 168 valence electrons. The fourth-order valence-corrected chi connectivity index (χ4v) is 5.70. The second-order valence-corrected chi connectivity index (χ2v) is 10.7. The van der Waals surface area contributed by atoms with E-state index in [4.69, 9.17) is 11.6 Å². The summed E-state index contributed by atoms with van der Waals surface area (Å²) in [6.07, 6.45) is 6.05. The van der Waals surface area contributed by atoms with Gasteiger partial charge in [0.15, 0.2) is 0 Å². The van der Waals surface area contributed by atoms with E-state index in [-0.39, 0.29) is 11.9 Å². The smallest absolute Gasteiger partial charge is 0.244 e. The van der Waals surface area contributed by atoms with E-state index in [0.717, 1.165) is 30.2 Å². The molecule has 0 saturated heterocycles. The quantitative estimate of drug-likeness (QED) is 0.633. The van der Waals surface area contributed by atoms with E-state index in [1.165, 1.54) is 28.3 Å². The summed E-state index contributed by atoms with van der Waals surface area (Å²) >= 11 is 6.14. The van der Waals surface area contributed by atoms with Crippen molar-refractivity contribution in [2.45, 2.75) is 65.0 Å². The molecule has 0 fully saturated rings. The first-order valence-corrected chi connectivity index (χ1v) is 13.0. The first-order chi connectivity index (χ1) is 14.6. The van der Waals surface area contributed by atoms with Crippen molar-refractivity contribution in [2.75, 3.05) is 10.6 Å². The van der Waals surface area contributed by atoms with Crippen LogP contribution >= 0.6 is 11.6 Å². The van der Waals surface area contributed by atoms with E-state index in [1.807, 2.05) is 20.8 Å². The van der Waals surface area contributed by atoms with Gasteiger partial charge in [0.1, 0.15) is 6.04 Å². The zero-order chi connectivity index (χ0) is 22.8. The number of rotatable bonds is 7. The van der Waals surface area contributed by atoms with Crippen molar-refractivity contribution < 1.29 is 13.2 Å². The minimum Gasteiger partial charge on any atom is -0.348 e. The van der Waals surface area contributed by atoms with Crippen LogP contribution in [-0.4, -0.2) is 26.6 Å². The van der Waals surface area contributed by atoms with Gasteiger partial charge in [-0.3, -0.25) is 9.10 Å². The molecule has 1 N–H and O–H groups in total. The van der Waals surface area contributed by atoms with Crippen LogP contribution < -0.4 is 9.62 Å². The first kappa shape index (κ1) is 23.6. The van der Waals surface area contributed by atoms with Gasteiger partial charge in [-0.25, -0.2) is 8.42 Å². The summed E-state index contributed by atoms with van der Waals surface area (Å²) in [6, 6.07) is 10.4. The summed E-state index contributed by atoms with van der Waals surface area (Å²) in [4.78, 5) is 13.3. The fraction of sp³-hybridized carbons (Fsp3) is 0.458. The van der Waals surface area contributed by atoms with Crippen molar-refractivity contribution in [1.82, 2.24) is 5.32 Å². The number of hydrogen-bond acceptors (Lipinski definition) is 3. The Balaban J connectivity index is 1.87. The lowest BCUT2D eigenvalue weighted by atomic mass is 9.89. The highest BCUT2D eigenvalue weighted by molar-refractivity contribution is 7.92. The average molecular weight is 463 g/mol. The average Bonchev–Trinajstić information content (AvgIpc) is 2.72. The zero-order valence-corrected chi connectivity index (χ0v) is 20.2. The normalized spacial score (nSPS) is 15.6. The number of amides is 1. The van der Waals surface area contributed by atoms with Gasteiger partial charge < -0.3 is 5.32 Å². The lowest BCUT2D eigenvalue weighted by Gasteiger charge is -2.32. The largest absolute Gasteiger partial charge is 0.348 e. The van der Waals surface area contributed by atoms with Crippen LogP contribution in [-0.2, 0) is 27.7 Å². The molecule has 1 amide bonds. The Kier molecular flexibility index (Phi) is 7.32. The fourth-order valence-electron chi connectivity index (χ4n) is 4.27. The molecule has 3 rings (SSSR count). The van der Waals surface area contributed by atoms with Crippen molar-refractivity contribution in [3.63, 3.8) is 0 Å². The standard InChI is InChI=1S/C24H31ClN2O3S/c1-5-22(27(31(4,29)30)23-15-21(25)13-10-16(23)2)24(28)26-17(3)19-12-11-18-8-6-7-9-20(18)14-19/h10-15,17,22H,5-9H2,1-4H3,(H,26,28)/t17-,22-/m0/s1. The van der Waals surface area contributed by atoms with Gasteiger partial charge in [-0.1, -0.05) is 42.8 Å². The van der Waals surface area contributed by atoms with Crippen molar-refractivity contribution in [1.29, 1.82) is 0 Å². The van der Waals surface area contributed by atoms with E-state index < -0.39 is 16.1 Å². The molecule has 2 aromatic rings. The highest BCUT2D eigenvalue weighted by atomic mass is 35.5. The molecule has 2 atom stereocenters. The number of carbonyl (C=O) groups is 1. The van der Waals surface area contributed by atoms with Gasteiger partial charge in [-0.2, -0.15) is 0 Å². The number of fused-ring (bicyclic) bond motifs is 1. The van der Waals surface area contributed by atoms with Crippen molar-refractivity contribution in [2.24, 2.45) is 0 Å². The van der Waals surface area contributed by atoms with Gasteiger partial charge >= 0.3 is 0 Å². The van der Waals surface area contributed by atoms with Crippen LogP contribution in [0.4, 0.5) is 5.69 Å². The molecule has 31 heavy (non-hydrogen) atoms. The van der Waals surface area contributed by atoms with Crippen LogP contribution in [0.3, 0.4) is 0 Å². The van der Waals surface area contributed by atoms with Crippen LogP contribution in [0.1, 0.15) is 61.4 Å². The second-order valence-electron chi connectivity index (χ2n) is 8.38. The molecule has 1 aliphatic carbocycles. The summed E-state index contributed by atoms with van der Waals surface area (Å²) < 4.78 is 26.6. The SMILES string of the molecule is CC[C@@H](C(=O)N[C@@H](C)c1ccc2c(c1)CCCC2)N(c1cc(Cl)ccc1C)S(C)(=O)=O. The monoisotopic (exact) mass is 462 g/mol. The predicted octanol–water partition coefficient (Wildman–Crippen LogP) is 4.95. The number of sulfonamides is 1. The topological polar surface area (TPSA) is 66.5 Å². The van der Waals surface area contributed by atoms with Crippen LogP contribution in [0.5, 0.6) is 0 Å². The van der Waals surface area contributed by atoms with Gasteiger partial charge in [0.05, 0.1) is 18.0 Å². The van der Waals surface area contributed by atoms with Gasteiger partial charge in [0.25, 0.3) is 0 Å². The van der Waals surface area contributed by atoms with Gasteiger partial charge in [-0.05, 0) is 80.3 Å². The molecule has 0 aromatic heterocycles. The van der Waals surface area contributed by atoms with E-state index >= 15 is 0 Å². The van der Waals surface area contributed by atoms with Crippen LogP contribution in [0.2, 0.25) is 5.02 Å². The molecule has 5 nitrogen and oxygen atoms in total. The molecule has 0 saturated carbocycles. The number of carbonyl (C=O) groups excluding carboxylic acids is 1. The number of nitrogens with one attached hydrogen (secondary N) is 1. The number of nitrogens with zero attached hydrogens (tertiary/aromatic N) is 1. The Hall–Kier alpha value is -2.05. The van der Waals surface area contributed by atoms with E-state index in [2.05, 4.69) is 23.5 Å². The number of halogens is 1. The number of anilines is 1. The number of benzene rings is 2. The molecule has 0 unspecified atom stereocenters. The van der Waals surface area contributed by atoms with Gasteiger partial charge in [0, 0.05) is 5.02 Å². The number of hydrogen-bond donors (Lipinski definition) is 1. The predicted molar refractivity (Wildman–Crippen MR) is 127 cm³/mol. The Morgan fingerprint density at radius 1 is 1.13 bits per heavy atom. The first-order valence-electron chi connectivity index (χ1n) is 10.8. The maximum Gasteiger partial charge on any atom is 0.244 e. The molecule has 2 aromatic carbocycles. The van der Waals surface area contributed by atoms with Crippen LogP contribution in [0.25, 0.3) is 0 Å². The van der Waals surface area contributed by atoms with Crippen molar-refractivity contribution in [3.8, 4) is 0 Å². The molecule has 0 heterocycles. The van der Waals surface area contributed by atoms with Gasteiger partial charge in [0.2, 0.25) is 15.9 Å². The van der Waals surface area contributed by atoms with Crippen molar-refractivity contribution >= 4 is 33.2 Å². The third-order valence-electron chi connectivity index (χ3n) is 5.97. The summed E-state index contributed by atoms with van der Waals surface area (Å²) in [6.45, 7) is 5.56. The minimum atomic E-state index is -3.71. The summed E-state index contributed by atoms with van der Waals surface area (Å²) in [5.41, 5.74) is 4.94.